The standard InChI is InChI=1S/C19H28N2O3/c1-14-16(9-6-10-17(14)24-15-7-2-3-8-15)21-18(22)20-13-19(23)11-4-5-12-19/h6,9-10,15,23H,2-5,7-8,11-13H2,1H3,(H2,20,21,22). The van der Waals surface area contributed by atoms with E-state index in [2.05, 4.69) is 10.6 Å². The van der Waals surface area contributed by atoms with E-state index in [1.807, 2.05) is 25.1 Å². The number of aliphatic hydroxyl groups is 1. The van der Waals surface area contributed by atoms with Gasteiger partial charge in [0.2, 0.25) is 0 Å². The number of anilines is 1. The van der Waals surface area contributed by atoms with E-state index in [1.165, 1.54) is 12.8 Å². The summed E-state index contributed by atoms with van der Waals surface area (Å²) in [5, 5.41) is 16.0. The van der Waals surface area contributed by atoms with Gasteiger partial charge < -0.3 is 20.5 Å². The van der Waals surface area contributed by atoms with Gasteiger partial charge in [-0.2, -0.15) is 0 Å². The molecule has 24 heavy (non-hydrogen) atoms. The summed E-state index contributed by atoms with van der Waals surface area (Å²) in [5.41, 5.74) is 0.959. The molecule has 5 nitrogen and oxygen atoms in total. The van der Waals surface area contributed by atoms with Crippen molar-refractivity contribution in [1.82, 2.24) is 5.32 Å². The molecule has 0 unspecified atom stereocenters. The summed E-state index contributed by atoms with van der Waals surface area (Å²) < 4.78 is 6.07. The third kappa shape index (κ3) is 4.20. The molecule has 1 aromatic carbocycles. The van der Waals surface area contributed by atoms with Gasteiger partial charge >= 0.3 is 6.03 Å². The minimum atomic E-state index is -0.736. The van der Waals surface area contributed by atoms with Crippen molar-refractivity contribution in [2.45, 2.75) is 70.0 Å². The van der Waals surface area contributed by atoms with Crippen LogP contribution in [0.15, 0.2) is 18.2 Å². The van der Waals surface area contributed by atoms with Crippen molar-refractivity contribution in [2.75, 3.05) is 11.9 Å². The zero-order valence-electron chi connectivity index (χ0n) is 14.4. The predicted octanol–water partition coefficient (Wildman–Crippen LogP) is 3.74. The normalized spacial score (nSPS) is 20.1. The van der Waals surface area contributed by atoms with Gasteiger partial charge in [0, 0.05) is 17.8 Å². The van der Waals surface area contributed by atoms with E-state index in [9.17, 15) is 9.90 Å². The van der Waals surface area contributed by atoms with Crippen molar-refractivity contribution < 1.29 is 14.6 Å². The molecule has 0 atom stereocenters. The average molecular weight is 332 g/mol. The van der Waals surface area contributed by atoms with Crippen LogP contribution >= 0.6 is 0 Å². The molecular weight excluding hydrogens is 304 g/mol. The Bertz CT molecular complexity index is 576. The highest BCUT2D eigenvalue weighted by Crippen LogP contribution is 2.30. The van der Waals surface area contributed by atoms with Crippen LogP contribution in [-0.4, -0.2) is 29.4 Å². The lowest BCUT2D eigenvalue weighted by atomic mass is 10.0. The number of carbonyl (C=O) groups excluding carboxylic acids is 1. The molecule has 1 aromatic rings. The fourth-order valence-electron chi connectivity index (χ4n) is 3.68. The molecule has 0 heterocycles. The minimum Gasteiger partial charge on any atom is -0.490 e. The van der Waals surface area contributed by atoms with Crippen molar-refractivity contribution in [2.24, 2.45) is 0 Å². The molecule has 2 saturated carbocycles. The molecule has 5 heteroatoms. The molecule has 2 aliphatic rings. The smallest absolute Gasteiger partial charge is 0.319 e. The second kappa shape index (κ2) is 7.43. The zero-order valence-corrected chi connectivity index (χ0v) is 14.4. The van der Waals surface area contributed by atoms with Gasteiger partial charge in [-0.3, -0.25) is 0 Å². The summed E-state index contributed by atoms with van der Waals surface area (Å²) in [6.07, 6.45) is 8.54. The van der Waals surface area contributed by atoms with Gasteiger partial charge in [0.05, 0.1) is 11.7 Å². The van der Waals surface area contributed by atoms with Crippen LogP contribution in [0.4, 0.5) is 10.5 Å². The van der Waals surface area contributed by atoms with Crippen LogP contribution in [-0.2, 0) is 0 Å². The lowest BCUT2D eigenvalue weighted by Crippen LogP contribution is -2.42. The van der Waals surface area contributed by atoms with Crippen LogP contribution in [0.3, 0.4) is 0 Å². The summed E-state index contributed by atoms with van der Waals surface area (Å²) in [4.78, 5) is 12.1. The molecule has 0 bridgehead atoms. The van der Waals surface area contributed by atoms with Crippen LogP contribution in [0.1, 0.15) is 56.9 Å². The summed E-state index contributed by atoms with van der Waals surface area (Å²) in [5.74, 6) is 0.842. The monoisotopic (exact) mass is 332 g/mol. The third-order valence-electron chi connectivity index (χ3n) is 5.24. The second-order valence-corrected chi connectivity index (χ2v) is 7.19. The molecular formula is C19H28N2O3. The zero-order chi connectivity index (χ0) is 17.0. The number of urea groups is 1. The number of benzene rings is 1. The number of ether oxygens (including phenoxy) is 1. The topological polar surface area (TPSA) is 70.6 Å². The Morgan fingerprint density at radius 2 is 1.96 bits per heavy atom. The van der Waals surface area contributed by atoms with Crippen molar-refractivity contribution in [3.05, 3.63) is 23.8 Å². The maximum atomic E-state index is 12.1. The number of amides is 2. The van der Waals surface area contributed by atoms with Crippen molar-refractivity contribution in [3.8, 4) is 5.75 Å². The number of hydrogen-bond donors (Lipinski definition) is 3. The fourth-order valence-corrected chi connectivity index (χ4v) is 3.68. The number of hydrogen-bond acceptors (Lipinski definition) is 3. The molecule has 0 radical (unpaired) electrons. The van der Waals surface area contributed by atoms with E-state index < -0.39 is 5.60 Å². The van der Waals surface area contributed by atoms with Crippen molar-refractivity contribution >= 4 is 11.7 Å². The Hall–Kier alpha value is -1.75. The van der Waals surface area contributed by atoms with E-state index >= 15 is 0 Å². The largest absolute Gasteiger partial charge is 0.490 e. The first-order chi connectivity index (χ1) is 11.6. The summed E-state index contributed by atoms with van der Waals surface area (Å²) in [6, 6.07) is 5.45. The maximum absolute atomic E-state index is 12.1. The van der Waals surface area contributed by atoms with E-state index in [0.717, 1.165) is 55.5 Å². The first kappa shape index (κ1) is 17.1. The fraction of sp³-hybridized carbons (Fsp3) is 0.632. The average Bonchev–Trinajstić information content (AvgIpc) is 3.22. The molecule has 0 aromatic heterocycles. The van der Waals surface area contributed by atoms with Gasteiger partial charge in [-0.05, 0) is 57.6 Å². The van der Waals surface area contributed by atoms with Gasteiger partial charge in [0.25, 0.3) is 0 Å². The van der Waals surface area contributed by atoms with E-state index in [0.29, 0.717) is 12.6 Å². The Kier molecular flexibility index (Phi) is 5.29. The molecule has 0 saturated heterocycles. The predicted molar refractivity (Wildman–Crippen MR) is 94.5 cm³/mol. The van der Waals surface area contributed by atoms with Crippen LogP contribution < -0.4 is 15.4 Å². The Labute approximate surface area is 143 Å². The van der Waals surface area contributed by atoms with Gasteiger partial charge in [0.15, 0.2) is 0 Å². The van der Waals surface area contributed by atoms with Gasteiger partial charge in [-0.1, -0.05) is 18.9 Å². The number of rotatable bonds is 5. The summed E-state index contributed by atoms with van der Waals surface area (Å²) in [6.45, 7) is 2.26. The van der Waals surface area contributed by atoms with Gasteiger partial charge in [0.1, 0.15) is 5.75 Å². The number of carbonyl (C=O) groups is 1. The summed E-state index contributed by atoms with van der Waals surface area (Å²) >= 11 is 0. The molecule has 0 aliphatic heterocycles. The van der Waals surface area contributed by atoms with E-state index in [4.69, 9.17) is 4.74 Å². The Balaban J connectivity index is 1.56. The highest BCUT2D eigenvalue weighted by molar-refractivity contribution is 5.90. The maximum Gasteiger partial charge on any atom is 0.319 e. The number of nitrogens with one attached hydrogen (secondary N) is 2. The molecule has 2 fully saturated rings. The Morgan fingerprint density at radius 1 is 1.25 bits per heavy atom. The van der Waals surface area contributed by atoms with E-state index in [1.54, 1.807) is 0 Å². The molecule has 2 aliphatic carbocycles. The first-order valence-corrected chi connectivity index (χ1v) is 9.09. The lowest BCUT2D eigenvalue weighted by Gasteiger charge is -2.23. The summed E-state index contributed by atoms with van der Waals surface area (Å²) in [7, 11) is 0. The quantitative estimate of drug-likeness (QED) is 0.769. The molecule has 3 rings (SSSR count). The lowest BCUT2D eigenvalue weighted by molar-refractivity contribution is 0.0506. The van der Waals surface area contributed by atoms with Crippen LogP contribution in [0.25, 0.3) is 0 Å². The van der Waals surface area contributed by atoms with Gasteiger partial charge in [-0.15, -0.1) is 0 Å². The minimum absolute atomic E-state index is 0.281. The highest BCUT2D eigenvalue weighted by Gasteiger charge is 2.31. The molecule has 3 N–H and O–H groups in total. The van der Waals surface area contributed by atoms with E-state index in [-0.39, 0.29) is 6.03 Å². The highest BCUT2D eigenvalue weighted by atomic mass is 16.5. The third-order valence-corrected chi connectivity index (χ3v) is 5.24. The van der Waals surface area contributed by atoms with Crippen LogP contribution in [0.5, 0.6) is 5.75 Å². The Morgan fingerprint density at radius 3 is 2.67 bits per heavy atom. The van der Waals surface area contributed by atoms with Crippen molar-refractivity contribution in [1.29, 1.82) is 0 Å². The first-order valence-electron chi connectivity index (χ1n) is 9.09. The van der Waals surface area contributed by atoms with Gasteiger partial charge in [-0.25, -0.2) is 4.79 Å². The van der Waals surface area contributed by atoms with Crippen molar-refractivity contribution in [3.63, 3.8) is 0 Å². The molecule has 132 valence electrons. The molecule has 2 amide bonds. The van der Waals surface area contributed by atoms with Crippen LogP contribution in [0, 0.1) is 6.92 Å². The van der Waals surface area contributed by atoms with Crippen LogP contribution in [0.2, 0.25) is 0 Å². The second-order valence-electron chi connectivity index (χ2n) is 7.19. The SMILES string of the molecule is Cc1c(NC(=O)NCC2(O)CCCC2)cccc1OC1CCCC1. The molecule has 0 spiro atoms.